The van der Waals surface area contributed by atoms with Crippen molar-refractivity contribution in [3.63, 3.8) is 0 Å². The molecule has 0 saturated heterocycles. The van der Waals surface area contributed by atoms with E-state index in [4.69, 9.17) is 21.7 Å². The van der Waals surface area contributed by atoms with Crippen LogP contribution in [0.3, 0.4) is 0 Å². The number of rotatable bonds is 9. The van der Waals surface area contributed by atoms with E-state index < -0.39 is 10.0 Å². The van der Waals surface area contributed by atoms with Crippen molar-refractivity contribution in [3.8, 4) is 11.5 Å². The standard InChI is InChI=1S/C24H25N3O5S2/c1-3-15-32-21-6-4-5-17(16-21)23(28)26-24(33)25-18-9-13-22(14-10-18)34(29,30)27-19-7-11-20(31-2)12-8-19/h4-14,16,27H,3,15H2,1-2H3,(H2,25,26,28,33). The van der Waals surface area contributed by atoms with Gasteiger partial charge in [-0.1, -0.05) is 13.0 Å². The summed E-state index contributed by atoms with van der Waals surface area (Å²) in [5.74, 6) is 0.842. The van der Waals surface area contributed by atoms with Gasteiger partial charge in [0.1, 0.15) is 11.5 Å². The molecule has 0 fully saturated rings. The lowest BCUT2D eigenvalue weighted by Crippen LogP contribution is -2.34. The Kier molecular flexibility index (Phi) is 8.44. The summed E-state index contributed by atoms with van der Waals surface area (Å²) in [6.45, 7) is 2.56. The molecule has 3 N–H and O–H groups in total. The second-order valence-corrected chi connectivity index (χ2v) is 9.23. The monoisotopic (exact) mass is 499 g/mol. The van der Waals surface area contributed by atoms with Crippen molar-refractivity contribution in [1.82, 2.24) is 5.32 Å². The second kappa shape index (κ2) is 11.5. The molecule has 0 heterocycles. The molecule has 0 aliphatic carbocycles. The molecule has 0 aromatic heterocycles. The highest BCUT2D eigenvalue weighted by Gasteiger charge is 2.15. The van der Waals surface area contributed by atoms with Crippen LogP contribution < -0.4 is 24.8 Å². The van der Waals surface area contributed by atoms with E-state index in [1.165, 1.54) is 19.2 Å². The normalized spacial score (nSPS) is 10.8. The van der Waals surface area contributed by atoms with Gasteiger partial charge in [0.15, 0.2) is 5.11 Å². The maximum atomic E-state index is 12.6. The van der Waals surface area contributed by atoms with Gasteiger partial charge in [-0.2, -0.15) is 0 Å². The van der Waals surface area contributed by atoms with E-state index in [2.05, 4.69) is 15.4 Å². The number of amides is 1. The number of hydrogen-bond donors (Lipinski definition) is 3. The molecule has 10 heteroatoms. The molecule has 3 rings (SSSR count). The molecule has 178 valence electrons. The Morgan fingerprint density at radius 2 is 1.62 bits per heavy atom. The van der Waals surface area contributed by atoms with Crippen LogP contribution in [0.4, 0.5) is 11.4 Å². The van der Waals surface area contributed by atoms with E-state index in [1.807, 2.05) is 6.92 Å². The van der Waals surface area contributed by atoms with Crippen molar-refractivity contribution < 1.29 is 22.7 Å². The van der Waals surface area contributed by atoms with E-state index in [0.717, 1.165) is 6.42 Å². The van der Waals surface area contributed by atoms with Gasteiger partial charge < -0.3 is 14.8 Å². The molecule has 0 unspecified atom stereocenters. The van der Waals surface area contributed by atoms with Crippen molar-refractivity contribution in [2.75, 3.05) is 23.8 Å². The van der Waals surface area contributed by atoms with Gasteiger partial charge in [0.05, 0.1) is 18.6 Å². The number of hydrogen-bond acceptors (Lipinski definition) is 6. The highest BCUT2D eigenvalue weighted by atomic mass is 32.2. The Bertz CT molecular complexity index is 1240. The maximum absolute atomic E-state index is 12.6. The fourth-order valence-corrected chi connectivity index (χ4v) is 4.14. The van der Waals surface area contributed by atoms with Crippen LogP contribution in [0.1, 0.15) is 23.7 Å². The molecular formula is C24H25N3O5S2. The van der Waals surface area contributed by atoms with Crippen molar-refractivity contribution in [1.29, 1.82) is 0 Å². The van der Waals surface area contributed by atoms with Crippen molar-refractivity contribution >= 4 is 44.6 Å². The molecule has 1 amide bonds. The minimum absolute atomic E-state index is 0.0766. The fourth-order valence-electron chi connectivity index (χ4n) is 2.88. The number of ether oxygens (including phenoxy) is 2. The van der Waals surface area contributed by atoms with Crippen LogP contribution in [0.15, 0.2) is 77.7 Å². The quantitative estimate of drug-likeness (QED) is 0.375. The van der Waals surface area contributed by atoms with Crippen molar-refractivity contribution in [3.05, 3.63) is 78.4 Å². The Balaban J connectivity index is 1.59. The first kappa shape index (κ1) is 25.0. The summed E-state index contributed by atoms with van der Waals surface area (Å²) in [5, 5.41) is 5.55. The highest BCUT2D eigenvalue weighted by Crippen LogP contribution is 2.20. The van der Waals surface area contributed by atoms with Gasteiger partial charge in [-0.05, 0) is 85.4 Å². The summed E-state index contributed by atoms with van der Waals surface area (Å²) in [7, 11) is -2.24. The van der Waals surface area contributed by atoms with E-state index in [-0.39, 0.29) is 15.9 Å². The lowest BCUT2D eigenvalue weighted by atomic mass is 10.2. The number of anilines is 2. The summed E-state index contributed by atoms with van der Waals surface area (Å²) in [4.78, 5) is 12.6. The third-order valence-electron chi connectivity index (χ3n) is 4.56. The van der Waals surface area contributed by atoms with Crippen LogP contribution in [0.5, 0.6) is 11.5 Å². The minimum atomic E-state index is -3.78. The molecule has 8 nitrogen and oxygen atoms in total. The van der Waals surface area contributed by atoms with Gasteiger partial charge in [0.2, 0.25) is 0 Å². The molecule has 0 spiro atoms. The minimum Gasteiger partial charge on any atom is -0.497 e. The molecule has 0 bridgehead atoms. The van der Waals surface area contributed by atoms with Gasteiger partial charge in [0.25, 0.3) is 15.9 Å². The number of methoxy groups -OCH3 is 1. The van der Waals surface area contributed by atoms with Crippen molar-refractivity contribution in [2.45, 2.75) is 18.2 Å². The predicted molar refractivity (Wildman–Crippen MR) is 136 cm³/mol. The van der Waals surface area contributed by atoms with Crippen LogP contribution in [0, 0.1) is 0 Å². The van der Waals surface area contributed by atoms with Gasteiger partial charge in [-0.3, -0.25) is 14.8 Å². The van der Waals surface area contributed by atoms with Crippen LogP contribution in [-0.2, 0) is 10.0 Å². The summed E-state index contributed by atoms with van der Waals surface area (Å²) in [6, 6.07) is 19.3. The smallest absolute Gasteiger partial charge is 0.261 e. The van der Waals surface area contributed by atoms with Gasteiger partial charge in [0, 0.05) is 16.9 Å². The topological polar surface area (TPSA) is 106 Å². The first-order valence-electron chi connectivity index (χ1n) is 10.4. The summed E-state index contributed by atoms with van der Waals surface area (Å²) in [5.41, 5.74) is 1.34. The Morgan fingerprint density at radius 3 is 2.26 bits per heavy atom. The zero-order valence-electron chi connectivity index (χ0n) is 18.7. The summed E-state index contributed by atoms with van der Waals surface area (Å²) < 4.78 is 38.4. The van der Waals surface area contributed by atoms with E-state index in [1.54, 1.807) is 60.7 Å². The maximum Gasteiger partial charge on any atom is 0.261 e. The zero-order valence-corrected chi connectivity index (χ0v) is 20.3. The lowest BCUT2D eigenvalue weighted by Gasteiger charge is -2.12. The molecule has 3 aromatic carbocycles. The average molecular weight is 500 g/mol. The predicted octanol–water partition coefficient (Wildman–Crippen LogP) is 4.41. The molecule has 0 aliphatic rings. The highest BCUT2D eigenvalue weighted by molar-refractivity contribution is 7.92. The number of thiocarbonyl (C=S) groups is 1. The molecule has 34 heavy (non-hydrogen) atoms. The third kappa shape index (κ3) is 6.93. The van der Waals surface area contributed by atoms with Gasteiger partial charge in [-0.15, -0.1) is 0 Å². The molecular weight excluding hydrogens is 474 g/mol. The molecule has 3 aromatic rings. The van der Waals surface area contributed by atoms with E-state index in [0.29, 0.717) is 35.0 Å². The Labute approximate surface area is 204 Å². The summed E-state index contributed by atoms with van der Waals surface area (Å²) >= 11 is 5.21. The van der Waals surface area contributed by atoms with Crippen LogP contribution in [-0.4, -0.2) is 33.2 Å². The van der Waals surface area contributed by atoms with Crippen molar-refractivity contribution in [2.24, 2.45) is 0 Å². The average Bonchev–Trinajstić information content (AvgIpc) is 2.83. The van der Waals surface area contributed by atoms with Crippen LogP contribution in [0.25, 0.3) is 0 Å². The van der Waals surface area contributed by atoms with E-state index in [9.17, 15) is 13.2 Å². The number of sulfonamides is 1. The number of carbonyl (C=O) groups excluding carboxylic acids is 1. The Morgan fingerprint density at radius 1 is 0.941 bits per heavy atom. The molecule has 0 aliphatic heterocycles. The SMILES string of the molecule is CCCOc1cccc(C(=O)NC(=S)Nc2ccc(S(=O)(=O)Nc3ccc(OC)cc3)cc2)c1. The van der Waals surface area contributed by atoms with Crippen LogP contribution >= 0.6 is 12.2 Å². The Hall–Kier alpha value is -3.63. The summed E-state index contributed by atoms with van der Waals surface area (Å²) in [6.07, 6.45) is 0.863. The second-order valence-electron chi connectivity index (χ2n) is 7.14. The van der Waals surface area contributed by atoms with E-state index >= 15 is 0 Å². The first-order chi connectivity index (χ1) is 16.3. The lowest BCUT2D eigenvalue weighted by molar-refractivity contribution is 0.0977. The van der Waals surface area contributed by atoms with Gasteiger partial charge in [-0.25, -0.2) is 8.42 Å². The van der Waals surface area contributed by atoms with Crippen LogP contribution in [0.2, 0.25) is 0 Å². The first-order valence-corrected chi connectivity index (χ1v) is 12.3. The fraction of sp³-hybridized carbons (Fsp3) is 0.167. The number of nitrogens with one attached hydrogen (secondary N) is 3. The molecule has 0 saturated carbocycles. The number of carbonyl (C=O) groups is 1. The van der Waals surface area contributed by atoms with Gasteiger partial charge >= 0.3 is 0 Å². The largest absolute Gasteiger partial charge is 0.497 e. The molecule has 0 radical (unpaired) electrons. The number of benzene rings is 3. The zero-order chi connectivity index (χ0) is 24.6. The third-order valence-corrected chi connectivity index (χ3v) is 6.16. The molecule has 0 atom stereocenters.